The first-order valence-corrected chi connectivity index (χ1v) is 8.24. The Hall–Kier alpha value is -0.200. The van der Waals surface area contributed by atoms with Crippen molar-refractivity contribution in [3.63, 3.8) is 0 Å². The number of thioether (sulfide) groups is 1. The van der Waals surface area contributed by atoms with Crippen LogP contribution in [0.3, 0.4) is 0 Å². The molecule has 0 saturated heterocycles. The summed E-state index contributed by atoms with van der Waals surface area (Å²) in [5, 5.41) is 0.585. The fourth-order valence-electron chi connectivity index (χ4n) is 1.53. The molecule has 0 aromatic heterocycles. The molecule has 0 atom stereocenters. The minimum atomic E-state index is -0.253. The van der Waals surface area contributed by atoms with Crippen LogP contribution in [0, 0.1) is 0 Å². The Morgan fingerprint density at radius 3 is 2.15 bits per heavy atom. The van der Waals surface area contributed by atoms with E-state index in [-0.39, 0.29) is 4.45 Å². The van der Waals surface area contributed by atoms with Crippen LogP contribution in [0.25, 0.3) is 0 Å². The van der Waals surface area contributed by atoms with E-state index in [9.17, 15) is 4.79 Å². The molecule has 0 spiro atoms. The van der Waals surface area contributed by atoms with E-state index in [4.69, 9.17) is 17.3 Å². The molecular formula is C14H23ClN2OS2. The Kier molecular flexibility index (Phi) is 11.3. The summed E-state index contributed by atoms with van der Waals surface area (Å²) < 4.78 is -0.253. The predicted octanol–water partition coefficient (Wildman–Crippen LogP) is 4.29. The van der Waals surface area contributed by atoms with Crippen LogP contribution in [-0.2, 0) is 6.54 Å². The number of carbonyl (C=O) groups excluding carboxylic acids is 1. The molecule has 0 bridgehead atoms. The zero-order valence-corrected chi connectivity index (χ0v) is 14.7. The van der Waals surface area contributed by atoms with Crippen molar-refractivity contribution in [2.45, 2.75) is 32.2 Å². The molecule has 20 heavy (non-hydrogen) atoms. The van der Waals surface area contributed by atoms with Crippen molar-refractivity contribution in [2.75, 3.05) is 19.6 Å². The monoisotopic (exact) mass is 334 g/mol. The van der Waals surface area contributed by atoms with Crippen LogP contribution in [0.15, 0.2) is 23.1 Å². The molecule has 114 valence electrons. The van der Waals surface area contributed by atoms with Gasteiger partial charge in [-0.1, -0.05) is 51.1 Å². The maximum absolute atomic E-state index is 10.6. The molecule has 0 unspecified atom stereocenters. The zero-order valence-electron chi connectivity index (χ0n) is 12.2. The van der Waals surface area contributed by atoms with E-state index < -0.39 is 0 Å². The normalized spacial score (nSPS) is 10.2. The van der Waals surface area contributed by atoms with Crippen molar-refractivity contribution in [1.29, 1.82) is 0 Å². The average molecular weight is 335 g/mol. The molecule has 0 fully saturated rings. The lowest BCUT2D eigenvalue weighted by Gasteiger charge is -2.13. The van der Waals surface area contributed by atoms with E-state index >= 15 is 0 Å². The molecule has 0 heterocycles. The zero-order chi connectivity index (χ0) is 15.5. The molecule has 0 aliphatic carbocycles. The van der Waals surface area contributed by atoms with Gasteiger partial charge in [0.05, 0.1) is 0 Å². The van der Waals surface area contributed by atoms with Gasteiger partial charge in [-0.2, -0.15) is 0 Å². The number of nitrogens with two attached hydrogens (primary N) is 1. The van der Waals surface area contributed by atoms with Crippen LogP contribution in [0.1, 0.15) is 26.3 Å². The second-order valence-corrected chi connectivity index (χ2v) is 6.11. The van der Waals surface area contributed by atoms with Gasteiger partial charge in [-0.25, -0.2) is 0 Å². The number of nitrogens with zero attached hydrogens (tertiary/aromatic N) is 1. The van der Waals surface area contributed by atoms with E-state index in [0.29, 0.717) is 11.6 Å². The molecule has 1 aromatic carbocycles. The Labute approximate surface area is 136 Å². The molecule has 0 aliphatic rings. The van der Waals surface area contributed by atoms with Gasteiger partial charge in [-0.3, -0.25) is 4.79 Å². The molecule has 3 nitrogen and oxygen atoms in total. The Bertz CT molecular complexity index is 407. The molecule has 0 radical (unpaired) electrons. The highest BCUT2D eigenvalue weighted by Gasteiger charge is 2.03. The van der Waals surface area contributed by atoms with Gasteiger partial charge in [0, 0.05) is 16.5 Å². The highest BCUT2D eigenvalue weighted by molar-refractivity contribution is 8.32. The summed E-state index contributed by atoms with van der Waals surface area (Å²) in [4.78, 5) is 13.8. The Morgan fingerprint density at radius 2 is 1.85 bits per heavy atom. The number of benzene rings is 1. The van der Waals surface area contributed by atoms with Crippen molar-refractivity contribution in [2.24, 2.45) is 5.73 Å². The molecule has 0 amide bonds. The van der Waals surface area contributed by atoms with Crippen molar-refractivity contribution in [1.82, 2.24) is 4.90 Å². The molecule has 2 N–H and O–H groups in total. The van der Waals surface area contributed by atoms with Gasteiger partial charge in [-0.15, -0.1) is 0 Å². The molecule has 6 heteroatoms. The minimum Gasteiger partial charge on any atom is -0.326 e. The summed E-state index contributed by atoms with van der Waals surface area (Å²) in [5.74, 6) is 0. The molecule has 1 aromatic rings. The van der Waals surface area contributed by atoms with E-state index in [0.717, 1.165) is 22.2 Å². The Morgan fingerprint density at radius 1 is 1.30 bits per heavy atom. The molecule has 0 saturated carbocycles. The third kappa shape index (κ3) is 8.17. The summed E-state index contributed by atoms with van der Waals surface area (Å²) >= 11 is 10.6. The minimum absolute atomic E-state index is 0.253. The van der Waals surface area contributed by atoms with E-state index in [2.05, 4.69) is 38.3 Å². The topological polar surface area (TPSA) is 46.3 Å². The van der Waals surface area contributed by atoms with Gasteiger partial charge in [0.2, 0.25) is 4.45 Å². The third-order valence-corrected chi connectivity index (χ3v) is 4.08. The first kappa shape index (κ1) is 19.8. The maximum atomic E-state index is 10.6. The first-order chi connectivity index (χ1) is 9.48. The number of halogens is 1. The van der Waals surface area contributed by atoms with Gasteiger partial charge in [0.1, 0.15) is 0 Å². The highest BCUT2D eigenvalue weighted by atomic mass is 35.5. The van der Waals surface area contributed by atoms with Crippen molar-refractivity contribution < 1.29 is 4.79 Å². The Balaban J connectivity index is 0.000000441. The second kappa shape index (κ2) is 11.5. The largest absolute Gasteiger partial charge is 0.326 e. The van der Waals surface area contributed by atoms with Crippen LogP contribution >= 0.6 is 36.0 Å². The summed E-state index contributed by atoms with van der Waals surface area (Å²) in [6, 6.07) is 5.32. The summed E-state index contributed by atoms with van der Waals surface area (Å²) in [5.41, 5.74) is 6.30. The average Bonchev–Trinajstić information content (AvgIpc) is 2.41. The van der Waals surface area contributed by atoms with Crippen LogP contribution in [-0.4, -0.2) is 29.0 Å². The lowest BCUT2D eigenvalue weighted by atomic mass is 10.2. The number of thiol groups is 1. The van der Waals surface area contributed by atoms with Gasteiger partial charge < -0.3 is 10.6 Å². The standard InChI is InChI=1S/C8H8ClNOS2.C6H15N/c9-7-3-6(13-8(11)12)2-1-5(7)4-10;1-4-7(5-2)6-3/h1-3H,4,10H2,(H,11,12);4-6H2,1-3H3. The van der Waals surface area contributed by atoms with Gasteiger partial charge >= 0.3 is 0 Å². The van der Waals surface area contributed by atoms with Crippen LogP contribution in [0.2, 0.25) is 5.02 Å². The lowest BCUT2D eigenvalue weighted by Crippen LogP contribution is -2.21. The second-order valence-electron chi connectivity index (χ2n) is 3.94. The summed E-state index contributed by atoms with van der Waals surface area (Å²) in [6.07, 6.45) is 0. The fraction of sp³-hybridized carbons (Fsp3) is 0.500. The summed E-state index contributed by atoms with van der Waals surface area (Å²) in [7, 11) is 0. The maximum Gasteiger partial charge on any atom is 0.247 e. The fourth-order valence-corrected chi connectivity index (χ4v) is 2.68. The van der Waals surface area contributed by atoms with Crippen molar-refractivity contribution in [3.8, 4) is 0 Å². The highest BCUT2D eigenvalue weighted by Crippen LogP contribution is 2.26. The molecule has 0 aliphatic heterocycles. The quantitative estimate of drug-likeness (QED) is 0.623. The predicted molar refractivity (Wildman–Crippen MR) is 93.0 cm³/mol. The smallest absolute Gasteiger partial charge is 0.247 e. The number of hydrogen-bond acceptors (Lipinski definition) is 4. The number of hydrogen-bond donors (Lipinski definition) is 2. The van der Waals surface area contributed by atoms with Crippen molar-refractivity contribution in [3.05, 3.63) is 28.8 Å². The number of rotatable bonds is 5. The molecule has 1 rings (SSSR count). The van der Waals surface area contributed by atoms with Gasteiger partial charge in [0.25, 0.3) is 0 Å². The molecular weight excluding hydrogens is 312 g/mol. The summed E-state index contributed by atoms with van der Waals surface area (Å²) in [6.45, 7) is 10.5. The van der Waals surface area contributed by atoms with Crippen LogP contribution in [0.5, 0.6) is 0 Å². The van der Waals surface area contributed by atoms with Crippen molar-refractivity contribution >= 4 is 40.4 Å². The van der Waals surface area contributed by atoms with E-state index in [1.807, 2.05) is 0 Å². The SMILES string of the molecule is CCN(CC)CC.NCc1ccc(SC(=O)S)cc1Cl. The van der Waals surface area contributed by atoms with E-state index in [1.54, 1.807) is 18.2 Å². The third-order valence-electron chi connectivity index (χ3n) is 2.79. The number of carbonyl (C=O) groups is 1. The first-order valence-electron chi connectivity index (χ1n) is 6.59. The van der Waals surface area contributed by atoms with Crippen LogP contribution in [0.4, 0.5) is 4.79 Å². The van der Waals surface area contributed by atoms with Crippen LogP contribution < -0.4 is 5.73 Å². The van der Waals surface area contributed by atoms with Gasteiger partial charge in [0.15, 0.2) is 0 Å². The van der Waals surface area contributed by atoms with E-state index in [1.165, 1.54) is 19.6 Å². The van der Waals surface area contributed by atoms with Gasteiger partial charge in [-0.05, 0) is 49.1 Å². The lowest BCUT2D eigenvalue weighted by molar-refractivity contribution is 0.277.